The van der Waals surface area contributed by atoms with E-state index in [1.54, 1.807) is 18.2 Å². The van der Waals surface area contributed by atoms with E-state index in [1.165, 1.54) is 18.2 Å². The van der Waals surface area contributed by atoms with Gasteiger partial charge < -0.3 is 10.1 Å². The molecule has 0 saturated heterocycles. The number of ether oxygens (including phenoxy) is 1. The summed E-state index contributed by atoms with van der Waals surface area (Å²) in [5, 5.41) is 3.60. The van der Waals surface area contributed by atoms with Gasteiger partial charge in [-0.25, -0.2) is 0 Å². The van der Waals surface area contributed by atoms with Crippen molar-refractivity contribution in [2.24, 2.45) is 0 Å². The Balaban J connectivity index is 1.72. The van der Waals surface area contributed by atoms with Crippen molar-refractivity contribution in [3.63, 3.8) is 0 Å². The van der Waals surface area contributed by atoms with E-state index < -0.39 is 12.0 Å². The second-order valence-electron chi connectivity index (χ2n) is 6.44. The molecule has 5 nitrogen and oxygen atoms in total. The first-order chi connectivity index (χ1) is 13.0. The summed E-state index contributed by atoms with van der Waals surface area (Å²) in [6, 6.07) is 12.3. The minimum Gasteiger partial charge on any atom is -0.468 e. The molecule has 1 amide bonds. The van der Waals surface area contributed by atoms with Crippen LogP contribution in [-0.4, -0.2) is 36.5 Å². The number of amides is 1. The highest BCUT2D eigenvalue weighted by Crippen LogP contribution is 2.24. The first-order valence-electron chi connectivity index (χ1n) is 8.61. The second kappa shape index (κ2) is 8.74. The van der Waals surface area contributed by atoms with Gasteiger partial charge in [0.2, 0.25) is 5.91 Å². The highest BCUT2D eigenvalue weighted by Gasteiger charge is 2.31. The highest BCUT2D eigenvalue weighted by atomic mass is 35.5. The molecule has 3 rings (SSSR count). The molecule has 2 aromatic carbocycles. The molecule has 0 radical (unpaired) electrons. The molecule has 2 aromatic rings. The number of hydrogen-bond donors (Lipinski definition) is 1. The van der Waals surface area contributed by atoms with Crippen molar-refractivity contribution in [2.75, 3.05) is 19.0 Å². The Bertz CT molecular complexity index is 837. The lowest BCUT2D eigenvalue weighted by molar-refractivity contribution is -0.149. The van der Waals surface area contributed by atoms with Gasteiger partial charge in [0.1, 0.15) is 6.04 Å². The van der Waals surface area contributed by atoms with E-state index in [0.29, 0.717) is 28.8 Å². The number of benzene rings is 2. The van der Waals surface area contributed by atoms with Gasteiger partial charge in [-0.15, -0.1) is 0 Å². The summed E-state index contributed by atoms with van der Waals surface area (Å²) in [5.41, 5.74) is 2.93. The zero-order valence-corrected chi connectivity index (χ0v) is 16.4. The van der Waals surface area contributed by atoms with Crippen molar-refractivity contribution in [3.05, 3.63) is 63.6 Å². The zero-order valence-electron chi connectivity index (χ0n) is 14.9. The summed E-state index contributed by atoms with van der Waals surface area (Å²) in [7, 11) is 1.34. The molecule has 1 unspecified atom stereocenters. The molecule has 1 aliphatic heterocycles. The molecule has 1 atom stereocenters. The predicted octanol–water partition coefficient (Wildman–Crippen LogP) is 3.92. The molecule has 0 bridgehead atoms. The summed E-state index contributed by atoms with van der Waals surface area (Å²) in [5.74, 6) is -0.726. The minimum absolute atomic E-state index is 0.0149. The van der Waals surface area contributed by atoms with Crippen LogP contribution in [0.4, 0.5) is 5.69 Å². The van der Waals surface area contributed by atoms with E-state index in [9.17, 15) is 9.59 Å². The third-order valence-corrected chi connectivity index (χ3v) is 5.04. The van der Waals surface area contributed by atoms with Crippen LogP contribution >= 0.6 is 23.2 Å². The molecule has 142 valence electrons. The number of anilines is 1. The van der Waals surface area contributed by atoms with Gasteiger partial charge in [0.25, 0.3) is 0 Å². The zero-order chi connectivity index (χ0) is 19.4. The Labute approximate surface area is 168 Å². The lowest BCUT2D eigenvalue weighted by Crippen LogP contribution is -2.46. The Morgan fingerprint density at radius 2 is 1.81 bits per heavy atom. The molecule has 0 aromatic heterocycles. The van der Waals surface area contributed by atoms with Crippen LogP contribution in [0.3, 0.4) is 0 Å². The maximum atomic E-state index is 12.5. The number of rotatable bonds is 5. The average Bonchev–Trinajstić information content (AvgIpc) is 2.64. The Morgan fingerprint density at radius 3 is 2.48 bits per heavy atom. The highest BCUT2D eigenvalue weighted by molar-refractivity contribution is 6.35. The Morgan fingerprint density at radius 1 is 1.15 bits per heavy atom. The van der Waals surface area contributed by atoms with E-state index in [2.05, 4.69) is 11.4 Å². The normalized spacial score (nSPS) is 14.9. The van der Waals surface area contributed by atoms with Crippen LogP contribution in [0.5, 0.6) is 0 Å². The number of esters is 1. The van der Waals surface area contributed by atoms with Gasteiger partial charge in [-0.3, -0.25) is 14.5 Å². The standard InChI is InChI=1S/C20H20Cl2N2O3/c1-27-20(26)18(24-7-6-13-4-2-3-5-14(13)12-24)11-19(25)23-17-9-15(21)8-16(22)10-17/h2-5,8-10,18H,6-7,11-12H2,1H3,(H,23,25). The fourth-order valence-corrected chi connectivity index (χ4v) is 3.82. The Hall–Kier alpha value is -2.08. The number of halogens is 2. The molecule has 0 fully saturated rings. The largest absolute Gasteiger partial charge is 0.468 e. The molecule has 1 aliphatic rings. The SMILES string of the molecule is COC(=O)C(CC(=O)Nc1cc(Cl)cc(Cl)c1)N1CCc2ccccc2C1. The van der Waals surface area contributed by atoms with Crippen molar-refractivity contribution < 1.29 is 14.3 Å². The van der Waals surface area contributed by atoms with Gasteiger partial charge in [0.05, 0.1) is 13.5 Å². The molecule has 1 heterocycles. The molecule has 1 N–H and O–H groups in total. The van der Waals surface area contributed by atoms with Crippen LogP contribution in [0.2, 0.25) is 10.0 Å². The smallest absolute Gasteiger partial charge is 0.323 e. The fraction of sp³-hybridized carbons (Fsp3) is 0.300. The summed E-state index contributed by atoms with van der Waals surface area (Å²) in [6.45, 7) is 1.29. The fourth-order valence-electron chi connectivity index (χ4n) is 3.29. The number of fused-ring (bicyclic) bond motifs is 1. The molecule has 0 spiro atoms. The number of carbonyl (C=O) groups excluding carboxylic acids is 2. The van der Waals surface area contributed by atoms with Crippen molar-refractivity contribution in [2.45, 2.75) is 25.4 Å². The summed E-state index contributed by atoms with van der Waals surface area (Å²) in [6.07, 6.45) is 0.814. The van der Waals surface area contributed by atoms with Crippen molar-refractivity contribution in [1.82, 2.24) is 4.90 Å². The third-order valence-electron chi connectivity index (χ3n) is 4.60. The number of carbonyl (C=O) groups is 2. The quantitative estimate of drug-likeness (QED) is 0.764. The van der Waals surface area contributed by atoms with E-state index in [1.807, 2.05) is 23.1 Å². The molecular formula is C20H20Cl2N2O3. The first-order valence-corrected chi connectivity index (χ1v) is 9.36. The second-order valence-corrected chi connectivity index (χ2v) is 7.31. The van der Waals surface area contributed by atoms with Gasteiger partial charge in [-0.1, -0.05) is 47.5 Å². The molecule has 7 heteroatoms. The van der Waals surface area contributed by atoms with Crippen LogP contribution in [0.15, 0.2) is 42.5 Å². The number of hydrogen-bond acceptors (Lipinski definition) is 4. The van der Waals surface area contributed by atoms with E-state index >= 15 is 0 Å². The van der Waals surface area contributed by atoms with E-state index in [-0.39, 0.29) is 12.3 Å². The predicted molar refractivity (Wildman–Crippen MR) is 106 cm³/mol. The van der Waals surface area contributed by atoms with E-state index in [0.717, 1.165) is 6.42 Å². The molecule has 0 aliphatic carbocycles. The minimum atomic E-state index is -0.655. The number of nitrogens with zero attached hydrogens (tertiary/aromatic N) is 1. The van der Waals surface area contributed by atoms with Crippen LogP contribution in [-0.2, 0) is 27.3 Å². The number of nitrogens with one attached hydrogen (secondary N) is 1. The lowest BCUT2D eigenvalue weighted by Gasteiger charge is -2.33. The maximum Gasteiger partial charge on any atom is 0.323 e. The molecule has 27 heavy (non-hydrogen) atoms. The van der Waals surface area contributed by atoms with Crippen molar-refractivity contribution in [1.29, 1.82) is 0 Å². The lowest BCUT2D eigenvalue weighted by atomic mass is 9.98. The van der Waals surface area contributed by atoms with Crippen molar-refractivity contribution >= 4 is 40.8 Å². The number of methoxy groups -OCH3 is 1. The summed E-state index contributed by atoms with van der Waals surface area (Å²) < 4.78 is 4.94. The monoisotopic (exact) mass is 406 g/mol. The topological polar surface area (TPSA) is 58.6 Å². The van der Waals surface area contributed by atoms with Gasteiger partial charge in [0, 0.05) is 28.8 Å². The van der Waals surface area contributed by atoms with Crippen LogP contribution in [0, 0.1) is 0 Å². The van der Waals surface area contributed by atoms with Crippen LogP contribution < -0.4 is 5.32 Å². The van der Waals surface area contributed by atoms with Gasteiger partial charge >= 0.3 is 5.97 Å². The van der Waals surface area contributed by atoms with Crippen LogP contribution in [0.25, 0.3) is 0 Å². The van der Waals surface area contributed by atoms with Gasteiger partial charge in [-0.05, 0) is 35.7 Å². The third kappa shape index (κ3) is 5.01. The van der Waals surface area contributed by atoms with Crippen molar-refractivity contribution in [3.8, 4) is 0 Å². The first kappa shape index (κ1) is 19.7. The maximum absolute atomic E-state index is 12.5. The molecule has 0 saturated carbocycles. The summed E-state index contributed by atoms with van der Waals surface area (Å²) >= 11 is 11.9. The molecular weight excluding hydrogens is 387 g/mol. The average molecular weight is 407 g/mol. The van der Waals surface area contributed by atoms with Gasteiger partial charge in [0.15, 0.2) is 0 Å². The van der Waals surface area contributed by atoms with Crippen LogP contribution in [0.1, 0.15) is 17.5 Å². The van der Waals surface area contributed by atoms with Gasteiger partial charge in [-0.2, -0.15) is 0 Å². The van der Waals surface area contributed by atoms with E-state index in [4.69, 9.17) is 27.9 Å². The summed E-state index contributed by atoms with van der Waals surface area (Å²) in [4.78, 5) is 26.8. The Kier molecular flexibility index (Phi) is 6.37.